The van der Waals surface area contributed by atoms with Crippen LogP contribution in [0.25, 0.3) is 0 Å². The summed E-state index contributed by atoms with van der Waals surface area (Å²) >= 11 is 0. The predicted octanol–water partition coefficient (Wildman–Crippen LogP) is 2.10. The van der Waals surface area contributed by atoms with Crippen LogP contribution in [0.15, 0.2) is 6.20 Å². The number of aryl methyl sites for hydroxylation is 1. The summed E-state index contributed by atoms with van der Waals surface area (Å²) in [7, 11) is 0. The van der Waals surface area contributed by atoms with Gasteiger partial charge in [0.1, 0.15) is 5.82 Å². The molecule has 0 aliphatic carbocycles. The van der Waals surface area contributed by atoms with Gasteiger partial charge < -0.3 is 9.88 Å². The number of rotatable bonds is 3. The maximum atomic E-state index is 4.33. The van der Waals surface area contributed by atoms with Crippen molar-refractivity contribution >= 4 is 0 Å². The Hall–Kier alpha value is -1.27. The minimum absolute atomic E-state index is 0.124. The fourth-order valence-electron chi connectivity index (χ4n) is 1.39. The van der Waals surface area contributed by atoms with Crippen molar-refractivity contribution in [2.75, 3.05) is 0 Å². The molecule has 0 amide bonds. The van der Waals surface area contributed by atoms with E-state index in [0.29, 0.717) is 0 Å². The summed E-state index contributed by atoms with van der Waals surface area (Å²) in [4.78, 5) is 4.33. The zero-order chi connectivity index (χ0) is 12.2. The molecule has 3 nitrogen and oxygen atoms in total. The van der Waals surface area contributed by atoms with E-state index in [1.807, 2.05) is 20.0 Å². The van der Waals surface area contributed by atoms with Crippen LogP contribution in [-0.2, 0) is 13.1 Å². The number of nitrogens with one attached hydrogen (secondary N) is 1. The molecule has 0 saturated carbocycles. The van der Waals surface area contributed by atoms with Crippen molar-refractivity contribution < 1.29 is 0 Å². The Labute approximate surface area is 98.3 Å². The molecule has 3 heteroatoms. The minimum Gasteiger partial charge on any atom is -0.319 e. The van der Waals surface area contributed by atoms with E-state index in [2.05, 4.69) is 47.5 Å². The van der Waals surface area contributed by atoms with E-state index in [1.54, 1.807) is 0 Å². The van der Waals surface area contributed by atoms with Gasteiger partial charge in [0.25, 0.3) is 0 Å². The van der Waals surface area contributed by atoms with E-state index < -0.39 is 0 Å². The maximum absolute atomic E-state index is 4.33. The van der Waals surface area contributed by atoms with Gasteiger partial charge in [-0.05, 0) is 34.6 Å². The maximum Gasteiger partial charge on any atom is 0.106 e. The number of hydrogen-bond acceptors (Lipinski definition) is 2. The van der Waals surface area contributed by atoms with Gasteiger partial charge in [0.2, 0.25) is 0 Å². The Bertz CT molecular complexity index is 399. The topological polar surface area (TPSA) is 29.9 Å². The molecule has 0 unspecified atom stereocenters. The molecule has 1 aromatic heterocycles. The molecule has 0 aromatic carbocycles. The first-order valence-electron chi connectivity index (χ1n) is 5.59. The fourth-order valence-corrected chi connectivity index (χ4v) is 1.39. The largest absolute Gasteiger partial charge is 0.319 e. The molecule has 1 heterocycles. The second-order valence-electron chi connectivity index (χ2n) is 4.91. The SMILES string of the molecule is CC#CCn1c(CNC(C)(C)C)cnc1C. The predicted molar refractivity (Wildman–Crippen MR) is 67.0 cm³/mol. The van der Waals surface area contributed by atoms with Gasteiger partial charge in [-0.3, -0.25) is 0 Å². The van der Waals surface area contributed by atoms with E-state index in [0.717, 1.165) is 18.9 Å². The molecule has 16 heavy (non-hydrogen) atoms. The summed E-state index contributed by atoms with van der Waals surface area (Å²) in [6.07, 6.45) is 1.92. The Morgan fingerprint density at radius 3 is 2.69 bits per heavy atom. The third-order valence-electron chi connectivity index (χ3n) is 2.35. The molecule has 0 spiro atoms. The summed E-state index contributed by atoms with van der Waals surface area (Å²) in [5.41, 5.74) is 1.31. The molecule has 0 radical (unpaired) electrons. The lowest BCUT2D eigenvalue weighted by Crippen LogP contribution is -2.35. The second-order valence-corrected chi connectivity index (χ2v) is 4.91. The number of aromatic nitrogens is 2. The van der Waals surface area contributed by atoms with Gasteiger partial charge >= 0.3 is 0 Å². The van der Waals surface area contributed by atoms with Gasteiger partial charge in [-0.25, -0.2) is 4.98 Å². The van der Waals surface area contributed by atoms with Crippen LogP contribution in [0, 0.1) is 18.8 Å². The molecule has 1 rings (SSSR count). The minimum atomic E-state index is 0.124. The third kappa shape index (κ3) is 3.71. The van der Waals surface area contributed by atoms with E-state index in [-0.39, 0.29) is 5.54 Å². The van der Waals surface area contributed by atoms with Crippen LogP contribution in [0.3, 0.4) is 0 Å². The number of hydrogen-bond donors (Lipinski definition) is 1. The highest BCUT2D eigenvalue weighted by Gasteiger charge is 2.11. The van der Waals surface area contributed by atoms with Crippen molar-refractivity contribution in [2.24, 2.45) is 0 Å². The summed E-state index contributed by atoms with van der Waals surface area (Å²) in [5, 5.41) is 3.46. The lowest BCUT2D eigenvalue weighted by Gasteiger charge is -2.20. The summed E-state index contributed by atoms with van der Waals surface area (Å²) < 4.78 is 2.15. The Kier molecular flexibility index (Phi) is 4.14. The highest BCUT2D eigenvalue weighted by atomic mass is 15.1. The molecule has 0 atom stereocenters. The van der Waals surface area contributed by atoms with Gasteiger partial charge in [-0.1, -0.05) is 5.92 Å². The standard InChI is InChI=1S/C13H21N3/c1-6-7-8-16-11(2)14-9-12(16)10-15-13(3,4)5/h9,15H,8,10H2,1-5H3. The third-order valence-corrected chi connectivity index (χ3v) is 2.35. The van der Waals surface area contributed by atoms with Crippen molar-refractivity contribution in [1.29, 1.82) is 0 Å². The summed E-state index contributed by atoms with van der Waals surface area (Å²) in [5.74, 6) is 7.01. The Balaban J connectivity index is 2.75. The van der Waals surface area contributed by atoms with E-state index in [9.17, 15) is 0 Å². The van der Waals surface area contributed by atoms with Gasteiger partial charge in [0.15, 0.2) is 0 Å². The Morgan fingerprint density at radius 2 is 2.12 bits per heavy atom. The van der Waals surface area contributed by atoms with E-state index >= 15 is 0 Å². The molecule has 1 aromatic rings. The molecule has 0 aliphatic heterocycles. The number of nitrogens with zero attached hydrogens (tertiary/aromatic N) is 2. The van der Waals surface area contributed by atoms with Crippen LogP contribution < -0.4 is 5.32 Å². The van der Waals surface area contributed by atoms with E-state index in [1.165, 1.54) is 5.69 Å². The van der Waals surface area contributed by atoms with Gasteiger partial charge in [-0.2, -0.15) is 0 Å². The van der Waals surface area contributed by atoms with Gasteiger partial charge in [0, 0.05) is 18.3 Å². The van der Waals surface area contributed by atoms with Crippen LogP contribution in [0.2, 0.25) is 0 Å². The molecule has 0 fully saturated rings. The van der Waals surface area contributed by atoms with Crippen LogP contribution >= 0.6 is 0 Å². The average molecular weight is 219 g/mol. The van der Waals surface area contributed by atoms with Gasteiger partial charge in [0.05, 0.1) is 12.2 Å². The highest BCUT2D eigenvalue weighted by Crippen LogP contribution is 2.07. The molecular weight excluding hydrogens is 198 g/mol. The smallest absolute Gasteiger partial charge is 0.106 e. The van der Waals surface area contributed by atoms with Crippen molar-refractivity contribution in [3.63, 3.8) is 0 Å². The lowest BCUT2D eigenvalue weighted by atomic mass is 10.1. The molecule has 88 valence electrons. The average Bonchev–Trinajstić information content (AvgIpc) is 2.52. The zero-order valence-electron chi connectivity index (χ0n) is 10.9. The van der Waals surface area contributed by atoms with Gasteiger partial charge in [-0.15, -0.1) is 5.92 Å². The van der Waals surface area contributed by atoms with Crippen LogP contribution in [0.4, 0.5) is 0 Å². The fraction of sp³-hybridized carbons (Fsp3) is 0.615. The molecule has 0 aliphatic rings. The molecule has 0 saturated heterocycles. The zero-order valence-corrected chi connectivity index (χ0v) is 10.9. The molecular formula is C13H21N3. The first-order valence-corrected chi connectivity index (χ1v) is 5.59. The van der Waals surface area contributed by atoms with Crippen LogP contribution in [-0.4, -0.2) is 15.1 Å². The van der Waals surface area contributed by atoms with Crippen molar-refractivity contribution in [2.45, 2.75) is 53.2 Å². The van der Waals surface area contributed by atoms with Crippen molar-refractivity contribution in [1.82, 2.24) is 14.9 Å². The van der Waals surface area contributed by atoms with Crippen molar-refractivity contribution in [3.8, 4) is 11.8 Å². The normalized spacial score (nSPS) is 11.1. The van der Waals surface area contributed by atoms with E-state index in [4.69, 9.17) is 0 Å². The Morgan fingerprint density at radius 1 is 1.44 bits per heavy atom. The first-order chi connectivity index (χ1) is 7.44. The first kappa shape index (κ1) is 12.8. The van der Waals surface area contributed by atoms with Crippen LogP contribution in [0.1, 0.15) is 39.2 Å². The summed E-state index contributed by atoms with van der Waals surface area (Å²) in [6.45, 7) is 11.9. The highest BCUT2D eigenvalue weighted by molar-refractivity contribution is 5.08. The monoisotopic (exact) mass is 219 g/mol. The summed E-state index contributed by atoms with van der Waals surface area (Å²) in [6, 6.07) is 0. The number of imidazole rings is 1. The molecule has 0 bridgehead atoms. The van der Waals surface area contributed by atoms with Crippen molar-refractivity contribution in [3.05, 3.63) is 17.7 Å². The quantitative estimate of drug-likeness (QED) is 0.789. The van der Waals surface area contributed by atoms with Crippen LogP contribution in [0.5, 0.6) is 0 Å². The lowest BCUT2D eigenvalue weighted by molar-refractivity contribution is 0.417. The molecule has 1 N–H and O–H groups in total. The second kappa shape index (κ2) is 5.18.